The monoisotopic (exact) mass is 564 g/mol. The van der Waals surface area contributed by atoms with E-state index >= 15 is 0 Å². The van der Waals surface area contributed by atoms with Gasteiger partial charge in [0.15, 0.2) is 5.75 Å². The SMILES string of the molecule is CCOC(=O)c1cn(C2CC2)c2c(OC)c(-c3cc4c(s3)C(NC(=O)OC(C)(C)C)C3(CC4)CC3)ccc2c1=O. The lowest BCUT2D eigenvalue weighted by Crippen LogP contribution is -2.40. The number of methoxy groups -OCH3 is 1. The second-order valence-electron chi connectivity index (χ2n) is 12.2. The Morgan fingerprint density at radius 1 is 1.18 bits per heavy atom. The molecular weight excluding hydrogens is 528 g/mol. The molecular formula is C31H36N2O6S. The first kappa shape index (κ1) is 26.9. The van der Waals surface area contributed by atoms with Crippen LogP contribution in [0.2, 0.25) is 0 Å². The Morgan fingerprint density at radius 2 is 1.93 bits per heavy atom. The minimum Gasteiger partial charge on any atom is -0.494 e. The van der Waals surface area contributed by atoms with Gasteiger partial charge >= 0.3 is 12.1 Å². The molecule has 1 N–H and O–H groups in total. The number of fused-ring (bicyclic) bond motifs is 2. The normalized spacial score (nSPS) is 19.3. The number of hydrogen-bond acceptors (Lipinski definition) is 7. The summed E-state index contributed by atoms with van der Waals surface area (Å²) in [5, 5.41) is 3.65. The summed E-state index contributed by atoms with van der Waals surface area (Å²) in [6.45, 7) is 7.55. The molecule has 2 aromatic heterocycles. The number of amides is 1. The third-order valence-electron chi connectivity index (χ3n) is 8.21. The highest BCUT2D eigenvalue weighted by Gasteiger charge is 2.53. The van der Waals surface area contributed by atoms with E-state index in [0.717, 1.165) is 49.0 Å². The van der Waals surface area contributed by atoms with Crippen LogP contribution >= 0.6 is 11.3 Å². The van der Waals surface area contributed by atoms with Gasteiger partial charge < -0.3 is 24.1 Å². The lowest BCUT2D eigenvalue weighted by molar-refractivity contribution is 0.0471. The Morgan fingerprint density at radius 3 is 2.55 bits per heavy atom. The summed E-state index contributed by atoms with van der Waals surface area (Å²) in [5.74, 6) is 0.0172. The van der Waals surface area contributed by atoms with Crippen molar-refractivity contribution >= 4 is 34.3 Å². The summed E-state index contributed by atoms with van der Waals surface area (Å²) < 4.78 is 18.8. The summed E-state index contributed by atoms with van der Waals surface area (Å²) in [7, 11) is 1.62. The molecule has 3 aliphatic carbocycles. The maximum absolute atomic E-state index is 13.4. The molecule has 0 radical (unpaired) electrons. The van der Waals surface area contributed by atoms with Crippen LogP contribution in [0.4, 0.5) is 4.79 Å². The smallest absolute Gasteiger partial charge is 0.408 e. The number of pyridine rings is 1. The van der Waals surface area contributed by atoms with Crippen LogP contribution in [-0.2, 0) is 15.9 Å². The first-order valence-corrected chi connectivity index (χ1v) is 14.9. The highest BCUT2D eigenvalue weighted by atomic mass is 32.1. The fourth-order valence-corrected chi connectivity index (χ4v) is 7.41. The largest absolute Gasteiger partial charge is 0.494 e. The number of esters is 1. The standard InChI is InChI=1S/C31H36N2O6S/c1-6-38-28(35)21-16-33(18-7-8-18)23-20(24(21)34)10-9-19(25(23)37-5)22-15-17-11-12-31(13-14-31)27(26(17)40-22)32-29(36)39-30(2,3)4/h9-10,15-16,18,27H,6-8,11-14H2,1-5H3,(H,32,36). The number of ether oxygens (including phenoxy) is 3. The predicted molar refractivity (Wildman–Crippen MR) is 154 cm³/mol. The number of thiophene rings is 1. The molecule has 1 aromatic carbocycles. The van der Waals surface area contributed by atoms with Gasteiger partial charge in [0.2, 0.25) is 5.43 Å². The topological polar surface area (TPSA) is 95.9 Å². The number of carbonyl (C=O) groups is 2. The highest BCUT2D eigenvalue weighted by molar-refractivity contribution is 7.15. The first-order chi connectivity index (χ1) is 19.0. The van der Waals surface area contributed by atoms with Gasteiger partial charge in [-0.05, 0) is 95.4 Å². The van der Waals surface area contributed by atoms with Crippen LogP contribution in [0.15, 0.2) is 29.2 Å². The average Bonchev–Trinajstić information content (AvgIpc) is 3.83. The minimum atomic E-state index is -0.602. The third-order valence-corrected chi connectivity index (χ3v) is 9.49. The Balaban J connectivity index is 1.45. The van der Waals surface area contributed by atoms with Gasteiger partial charge in [-0.15, -0.1) is 11.3 Å². The van der Waals surface area contributed by atoms with E-state index < -0.39 is 11.6 Å². The molecule has 0 bridgehead atoms. The summed E-state index contributed by atoms with van der Waals surface area (Å²) >= 11 is 1.67. The molecule has 2 heterocycles. The van der Waals surface area contributed by atoms with E-state index in [1.165, 1.54) is 10.4 Å². The fraction of sp³-hybridized carbons (Fsp3) is 0.516. The zero-order chi connectivity index (χ0) is 28.4. The number of benzene rings is 1. The van der Waals surface area contributed by atoms with Crippen molar-refractivity contribution in [2.75, 3.05) is 13.7 Å². The van der Waals surface area contributed by atoms with Crippen molar-refractivity contribution in [1.82, 2.24) is 9.88 Å². The van der Waals surface area contributed by atoms with Crippen molar-refractivity contribution < 1.29 is 23.8 Å². The molecule has 212 valence electrons. The van der Waals surface area contributed by atoms with E-state index in [9.17, 15) is 14.4 Å². The molecule has 6 rings (SSSR count). The van der Waals surface area contributed by atoms with Gasteiger partial charge in [-0.1, -0.05) is 0 Å². The summed E-state index contributed by atoms with van der Waals surface area (Å²) in [4.78, 5) is 41.0. The molecule has 1 atom stereocenters. The molecule has 0 saturated heterocycles. The molecule has 0 aliphatic heterocycles. The van der Waals surface area contributed by atoms with Crippen molar-refractivity contribution in [2.24, 2.45) is 5.41 Å². The number of alkyl carbamates (subject to hydrolysis) is 1. The molecule has 40 heavy (non-hydrogen) atoms. The number of aromatic nitrogens is 1. The number of rotatable bonds is 6. The molecule has 1 amide bonds. The maximum atomic E-state index is 13.4. The lowest BCUT2D eigenvalue weighted by atomic mass is 9.81. The van der Waals surface area contributed by atoms with Gasteiger partial charge in [0.25, 0.3) is 0 Å². The quantitative estimate of drug-likeness (QED) is 0.342. The van der Waals surface area contributed by atoms with E-state index in [4.69, 9.17) is 14.2 Å². The van der Waals surface area contributed by atoms with Crippen LogP contribution in [0.25, 0.3) is 21.3 Å². The van der Waals surface area contributed by atoms with Crippen molar-refractivity contribution in [3.05, 3.63) is 50.6 Å². The van der Waals surface area contributed by atoms with Gasteiger partial charge in [0, 0.05) is 27.6 Å². The van der Waals surface area contributed by atoms with Gasteiger partial charge in [-0.2, -0.15) is 0 Å². The van der Waals surface area contributed by atoms with Crippen molar-refractivity contribution in [1.29, 1.82) is 0 Å². The Hall–Kier alpha value is -3.33. The minimum absolute atomic E-state index is 0.0495. The average molecular weight is 565 g/mol. The van der Waals surface area contributed by atoms with Crippen LogP contribution in [0.3, 0.4) is 0 Å². The van der Waals surface area contributed by atoms with Crippen LogP contribution in [0, 0.1) is 5.41 Å². The molecule has 1 unspecified atom stereocenters. The zero-order valence-corrected chi connectivity index (χ0v) is 24.5. The van der Waals surface area contributed by atoms with Crippen LogP contribution < -0.4 is 15.5 Å². The lowest BCUT2D eigenvalue weighted by Gasteiger charge is -2.33. The number of carbonyl (C=O) groups excluding carboxylic acids is 2. The Bertz CT molecular complexity index is 1570. The van der Waals surface area contributed by atoms with E-state index in [1.54, 1.807) is 37.6 Å². The second kappa shape index (κ2) is 9.65. The summed E-state index contributed by atoms with van der Waals surface area (Å²) in [5.41, 5.74) is 2.06. The number of nitrogens with zero attached hydrogens (tertiary/aromatic N) is 1. The fourth-order valence-electron chi connectivity index (χ4n) is 5.98. The van der Waals surface area contributed by atoms with Crippen molar-refractivity contribution in [3.8, 4) is 16.2 Å². The van der Waals surface area contributed by atoms with Crippen LogP contribution in [0.5, 0.6) is 5.75 Å². The van der Waals surface area contributed by atoms with Crippen molar-refractivity contribution in [2.45, 2.75) is 83.9 Å². The van der Waals surface area contributed by atoms with Crippen molar-refractivity contribution in [3.63, 3.8) is 0 Å². The van der Waals surface area contributed by atoms with E-state index in [0.29, 0.717) is 16.7 Å². The van der Waals surface area contributed by atoms with Gasteiger partial charge in [-0.3, -0.25) is 4.79 Å². The summed E-state index contributed by atoms with van der Waals surface area (Å²) in [6.07, 6.45) is 7.38. The predicted octanol–water partition coefficient (Wildman–Crippen LogP) is 6.54. The Kier molecular flexibility index (Phi) is 6.48. The van der Waals surface area contributed by atoms with Gasteiger partial charge in [-0.25, -0.2) is 9.59 Å². The molecule has 3 aliphatic rings. The summed E-state index contributed by atoms with van der Waals surface area (Å²) in [6, 6.07) is 6.03. The number of nitrogens with one attached hydrogen (secondary N) is 1. The maximum Gasteiger partial charge on any atom is 0.408 e. The van der Waals surface area contributed by atoms with E-state index in [2.05, 4.69) is 11.4 Å². The number of hydrogen-bond donors (Lipinski definition) is 1. The van der Waals surface area contributed by atoms with Crippen LogP contribution in [-0.4, -0.2) is 35.9 Å². The number of aryl methyl sites for hydroxylation is 1. The molecule has 2 saturated carbocycles. The highest BCUT2D eigenvalue weighted by Crippen LogP contribution is 2.62. The molecule has 3 aromatic rings. The second-order valence-corrected chi connectivity index (χ2v) is 13.3. The molecule has 9 heteroatoms. The zero-order valence-electron chi connectivity index (χ0n) is 23.7. The first-order valence-electron chi connectivity index (χ1n) is 14.1. The van der Waals surface area contributed by atoms with E-state index in [-0.39, 0.29) is 41.2 Å². The molecule has 8 nitrogen and oxygen atoms in total. The van der Waals surface area contributed by atoms with E-state index in [1.807, 2.05) is 31.4 Å². The molecule has 2 fully saturated rings. The Labute approximate surface area is 237 Å². The third kappa shape index (κ3) is 4.68. The molecule has 1 spiro atoms. The van der Waals surface area contributed by atoms with Crippen LogP contribution in [0.1, 0.15) is 92.7 Å². The van der Waals surface area contributed by atoms with Gasteiger partial charge in [0.1, 0.15) is 11.2 Å². The van der Waals surface area contributed by atoms with Gasteiger partial charge in [0.05, 0.1) is 30.7 Å².